The first-order valence-corrected chi connectivity index (χ1v) is 9.47. The largest absolute Gasteiger partial charge is 0.493 e. The van der Waals surface area contributed by atoms with Gasteiger partial charge in [0.15, 0.2) is 0 Å². The van der Waals surface area contributed by atoms with Crippen molar-refractivity contribution >= 4 is 18.1 Å². The average molecular weight is 381 g/mol. The molecule has 0 radical (unpaired) electrons. The van der Waals surface area contributed by atoms with Crippen LogP contribution in [0, 0.1) is 0 Å². The van der Waals surface area contributed by atoms with Gasteiger partial charge in [-0.2, -0.15) is 0 Å². The molecule has 1 unspecified atom stereocenters. The highest BCUT2D eigenvalue weighted by atomic mass is 16.5. The number of anilines is 1. The lowest BCUT2D eigenvalue weighted by molar-refractivity contribution is -0.141. The van der Waals surface area contributed by atoms with Gasteiger partial charge in [0, 0.05) is 23.7 Å². The van der Waals surface area contributed by atoms with E-state index in [2.05, 4.69) is 13.0 Å². The molecule has 0 N–H and O–H groups in total. The zero-order valence-electron chi connectivity index (χ0n) is 16.1. The number of rotatable bonds is 6. The Kier molecular flexibility index (Phi) is 4.71. The summed E-state index contributed by atoms with van der Waals surface area (Å²) in [6, 6.07) is 11.7. The maximum Gasteiger partial charge on any atom is 0.326 e. The van der Waals surface area contributed by atoms with Gasteiger partial charge in [-0.3, -0.25) is 9.59 Å². The summed E-state index contributed by atoms with van der Waals surface area (Å²) in [5.41, 5.74) is 3.42. The van der Waals surface area contributed by atoms with E-state index < -0.39 is 11.4 Å². The van der Waals surface area contributed by atoms with E-state index in [4.69, 9.17) is 14.2 Å². The molecule has 2 aliphatic heterocycles. The number of fused-ring (bicyclic) bond motifs is 2. The fraction of sp³-hybridized carbons (Fsp3) is 0.364. The first-order valence-electron chi connectivity index (χ1n) is 9.47. The van der Waals surface area contributed by atoms with Gasteiger partial charge >= 0.3 is 5.97 Å². The van der Waals surface area contributed by atoms with Gasteiger partial charge in [0.25, 0.3) is 0 Å². The SMILES string of the molecule is CCOC(=O)CN(C=O)c1ccccc1C1(C)COc2cc3c(cc21)CCO3. The number of hydrogen-bond donors (Lipinski definition) is 0. The molecule has 2 aromatic rings. The molecule has 1 atom stereocenters. The third kappa shape index (κ3) is 2.99. The molecule has 0 aliphatic carbocycles. The summed E-state index contributed by atoms with van der Waals surface area (Å²) in [4.78, 5) is 25.1. The molecule has 146 valence electrons. The van der Waals surface area contributed by atoms with Crippen LogP contribution in [0.5, 0.6) is 11.5 Å². The number of esters is 1. The van der Waals surface area contributed by atoms with Crippen LogP contribution >= 0.6 is 0 Å². The van der Waals surface area contributed by atoms with E-state index in [0.717, 1.165) is 29.0 Å². The number of carbonyl (C=O) groups excluding carboxylic acids is 2. The molecule has 0 aromatic heterocycles. The van der Waals surface area contributed by atoms with Gasteiger partial charge in [-0.15, -0.1) is 0 Å². The lowest BCUT2D eigenvalue weighted by atomic mass is 9.76. The van der Waals surface area contributed by atoms with E-state index in [1.807, 2.05) is 30.3 Å². The number of amides is 1. The molecular weight excluding hydrogens is 358 g/mol. The molecule has 0 fully saturated rings. The number of ether oxygens (including phenoxy) is 3. The number of nitrogens with zero attached hydrogens (tertiary/aromatic N) is 1. The highest BCUT2D eigenvalue weighted by molar-refractivity contribution is 5.87. The molecule has 0 bridgehead atoms. The normalized spacial score (nSPS) is 19.2. The lowest BCUT2D eigenvalue weighted by Crippen LogP contribution is -2.34. The van der Waals surface area contributed by atoms with E-state index in [1.165, 1.54) is 10.5 Å². The zero-order chi connectivity index (χ0) is 19.7. The van der Waals surface area contributed by atoms with Crippen molar-refractivity contribution in [2.24, 2.45) is 0 Å². The molecule has 6 heteroatoms. The fourth-order valence-corrected chi connectivity index (χ4v) is 4.00. The number of para-hydroxylation sites is 1. The monoisotopic (exact) mass is 381 g/mol. The third-order valence-corrected chi connectivity index (χ3v) is 5.44. The van der Waals surface area contributed by atoms with Crippen LogP contribution in [0.2, 0.25) is 0 Å². The summed E-state index contributed by atoms with van der Waals surface area (Å²) in [7, 11) is 0. The molecule has 6 nitrogen and oxygen atoms in total. The second-order valence-electron chi connectivity index (χ2n) is 7.23. The Morgan fingerprint density at radius 2 is 2.04 bits per heavy atom. The Morgan fingerprint density at radius 1 is 1.21 bits per heavy atom. The van der Waals surface area contributed by atoms with Gasteiger partial charge in [0.1, 0.15) is 24.7 Å². The van der Waals surface area contributed by atoms with Crippen LogP contribution in [0.4, 0.5) is 5.69 Å². The Balaban J connectivity index is 1.75. The van der Waals surface area contributed by atoms with Crippen molar-refractivity contribution in [2.75, 3.05) is 31.3 Å². The molecule has 2 aromatic carbocycles. The van der Waals surface area contributed by atoms with Crippen molar-refractivity contribution in [1.29, 1.82) is 0 Å². The van der Waals surface area contributed by atoms with E-state index in [-0.39, 0.29) is 13.2 Å². The first-order chi connectivity index (χ1) is 13.6. The highest BCUT2D eigenvalue weighted by Gasteiger charge is 2.41. The van der Waals surface area contributed by atoms with E-state index in [1.54, 1.807) is 6.92 Å². The Labute approximate surface area is 164 Å². The summed E-state index contributed by atoms with van der Waals surface area (Å²) < 4.78 is 16.7. The van der Waals surface area contributed by atoms with E-state index in [9.17, 15) is 9.59 Å². The second-order valence-corrected chi connectivity index (χ2v) is 7.23. The maximum atomic E-state index is 12.0. The summed E-state index contributed by atoms with van der Waals surface area (Å²) in [6.45, 7) is 5.13. The van der Waals surface area contributed by atoms with Crippen LogP contribution in [0.1, 0.15) is 30.5 Å². The highest BCUT2D eigenvalue weighted by Crippen LogP contribution is 2.48. The molecule has 28 heavy (non-hydrogen) atoms. The van der Waals surface area contributed by atoms with Crippen LogP contribution in [-0.4, -0.2) is 38.7 Å². The average Bonchev–Trinajstić information content (AvgIpc) is 3.29. The van der Waals surface area contributed by atoms with Crippen molar-refractivity contribution < 1.29 is 23.8 Å². The molecule has 4 rings (SSSR count). The summed E-state index contributed by atoms with van der Waals surface area (Å²) in [5, 5.41) is 0. The van der Waals surface area contributed by atoms with Crippen LogP contribution in [0.15, 0.2) is 36.4 Å². The van der Waals surface area contributed by atoms with Crippen LogP contribution in [0.25, 0.3) is 0 Å². The van der Waals surface area contributed by atoms with Crippen LogP contribution < -0.4 is 14.4 Å². The van der Waals surface area contributed by atoms with Gasteiger partial charge in [-0.05, 0) is 37.1 Å². The van der Waals surface area contributed by atoms with Crippen molar-refractivity contribution in [3.8, 4) is 11.5 Å². The standard InChI is InChI=1S/C22H23NO5/c1-3-26-21(25)12-23(14-24)18-7-5-4-6-16(18)22(2)13-28-20-11-19-15(8-9-27-19)10-17(20)22/h4-7,10-11,14H,3,8-9,12-13H2,1-2H3. The van der Waals surface area contributed by atoms with E-state index >= 15 is 0 Å². The van der Waals surface area contributed by atoms with Crippen molar-refractivity contribution in [1.82, 2.24) is 0 Å². The topological polar surface area (TPSA) is 65.1 Å². The smallest absolute Gasteiger partial charge is 0.326 e. The predicted octanol–water partition coefficient (Wildman–Crippen LogP) is 2.85. The molecule has 0 spiro atoms. The maximum absolute atomic E-state index is 12.0. The second kappa shape index (κ2) is 7.19. The van der Waals surface area contributed by atoms with Gasteiger partial charge in [0.05, 0.1) is 18.6 Å². The molecule has 1 amide bonds. The predicted molar refractivity (Wildman–Crippen MR) is 104 cm³/mol. The zero-order valence-corrected chi connectivity index (χ0v) is 16.1. The van der Waals surface area contributed by atoms with Crippen molar-refractivity contribution in [3.05, 3.63) is 53.1 Å². The summed E-state index contributed by atoms with van der Waals surface area (Å²) in [5.74, 6) is 1.25. The minimum absolute atomic E-state index is 0.129. The van der Waals surface area contributed by atoms with Gasteiger partial charge in [0.2, 0.25) is 6.41 Å². The molecular formula is C22H23NO5. The van der Waals surface area contributed by atoms with Crippen LogP contribution in [0.3, 0.4) is 0 Å². The summed E-state index contributed by atoms with van der Waals surface area (Å²) in [6.07, 6.45) is 1.55. The number of carbonyl (C=O) groups is 2. The Bertz CT molecular complexity index is 925. The fourth-order valence-electron chi connectivity index (χ4n) is 4.00. The number of benzene rings is 2. The lowest BCUT2D eigenvalue weighted by Gasteiger charge is -2.29. The molecule has 2 heterocycles. The quantitative estimate of drug-likeness (QED) is 0.569. The summed E-state index contributed by atoms with van der Waals surface area (Å²) >= 11 is 0. The van der Waals surface area contributed by atoms with E-state index in [0.29, 0.717) is 25.3 Å². The van der Waals surface area contributed by atoms with Crippen molar-refractivity contribution in [2.45, 2.75) is 25.7 Å². The molecule has 2 aliphatic rings. The van der Waals surface area contributed by atoms with Crippen LogP contribution in [-0.2, 0) is 26.2 Å². The Hall–Kier alpha value is -3.02. The third-order valence-electron chi connectivity index (χ3n) is 5.44. The molecule has 0 saturated heterocycles. The first kappa shape index (κ1) is 18.3. The minimum Gasteiger partial charge on any atom is -0.493 e. The number of hydrogen-bond acceptors (Lipinski definition) is 5. The van der Waals surface area contributed by atoms with Gasteiger partial charge in [-0.25, -0.2) is 0 Å². The van der Waals surface area contributed by atoms with Crippen molar-refractivity contribution in [3.63, 3.8) is 0 Å². The van der Waals surface area contributed by atoms with Gasteiger partial charge < -0.3 is 19.1 Å². The Morgan fingerprint density at radius 3 is 2.82 bits per heavy atom. The minimum atomic E-state index is -0.445. The van der Waals surface area contributed by atoms with Gasteiger partial charge in [-0.1, -0.05) is 18.2 Å². The molecule has 0 saturated carbocycles.